The van der Waals surface area contributed by atoms with Gasteiger partial charge in [-0.05, 0) is 17.7 Å². The van der Waals surface area contributed by atoms with Crippen molar-refractivity contribution in [3.05, 3.63) is 59.7 Å². The summed E-state index contributed by atoms with van der Waals surface area (Å²) < 4.78 is 11.1. The molecule has 0 bridgehead atoms. The standard InChI is InChI=1S/C16H14O3/c1-18-14-8-5-9-15-12(14)10-13(17)16(19-15)11-6-3-2-4-7-11/h2-9,16H,10H2,1H3. The average molecular weight is 254 g/mol. The first-order valence-electron chi connectivity index (χ1n) is 6.20. The number of Topliss-reactive ketones (excluding diaryl/α,β-unsaturated/α-hetero) is 1. The zero-order chi connectivity index (χ0) is 13.2. The van der Waals surface area contributed by atoms with E-state index in [1.54, 1.807) is 7.11 Å². The molecule has 3 rings (SSSR count). The molecule has 0 amide bonds. The molecule has 3 nitrogen and oxygen atoms in total. The van der Waals surface area contributed by atoms with Gasteiger partial charge in [-0.2, -0.15) is 0 Å². The van der Waals surface area contributed by atoms with E-state index in [9.17, 15) is 4.79 Å². The maximum absolute atomic E-state index is 12.2. The van der Waals surface area contributed by atoms with Crippen LogP contribution in [0, 0.1) is 0 Å². The van der Waals surface area contributed by atoms with Gasteiger partial charge in [0.1, 0.15) is 11.5 Å². The van der Waals surface area contributed by atoms with Crippen LogP contribution in [0.1, 0.15) is 17.2 Å². The number of carbonyl (C=O) groups is 1. The molecule has 1 atom stereocenters. The van der Waals surface area contributed by atoms with Crippen LogP contribution in [0.3, 0.4) is 0 Å². The van der Waals surface area contributed by atoms with Gasteiger partial charge in [0.2, 0.25) is 0 Å². The lowest BCUT2D eigenvalue weighted by atomic mass is 9.95. The number of rotatable bonds is 2. The molecule has 0 N–H and O–H groups in total. The van der Waals surface area contributed by atoms with Crippen LogP contribution in [-0.4, -0.2) is 12.9 Å². The number of carbonyl (C=O) groups excluding carboxylic acids is 1. The highest BCUT2D eigenvalue weighted by Crippen LogP contribution is 2.37. The Hall–Kier alpha value is -2.29. The molecule has 0 radical (unpaired) electrons. The van der Waals surface area contributed by atoms with E-state index in [0.717, 1.165) is 16.9 Å². The summed E-state index contributed by atoms with van der Waals surface area (Å²) in [4.78, 5) is 12.2. The summed E-state index contributed by atoms with van der Waals surface area (Å²) in [6.07, 6.45) is -0.167. The molecule has 1 heterocycles. The highest BCUT2D eigenvalue weighted by Gasteiger charge is 2.30. The van der Waals surface area contributed by atoms with Crippen LogP contribution in [0.25, 0.3) is 0 Å². The number of hydrogen-bond donors (Lipinski definition) is 0. The molecule has 2 aromatic rings. The number of fused-ring (bicyclic) bond motifs is 1. The zero-order valence-electron chi connectivity index (χ0n) is 10.6. The summed E-state index contributed by atoms with van der Waals surface area (Å²) in [5.41, 5.74) is 1.73. The molecule has 2 aromatic carbocycles. The van der Waals surface area contributed by atoms with Gasteiger partial charge < -0.3 is 9.47 Å². The van der Waals surface area contributed by atoms with Crippen LogP contribution in [0.4, 0.5) is 0 Å². The molecule has 1 unspecified atom stereocenters. The average Bonchev–Trinajstić information content (AvgIpc) is 2.47. The Morgan fingerprint density at radius 3 is 2.63 bits per heavy atom. The minimum absolute atomic E-state index is 0.0585. The van der Waals surface area contributed by atoms with Crippen molar-refractivity contribution < 1.29 is 14.3 Å². The van der Waals surface area contributed by atoms with E-state index in [1.165, 1.54) is 0 Å². The smallest absolute Gasteiger partial charge is 0.182 e. The van der Waals surface area contributed by atoms with Crippen LogP contribution in [0.5, 0.6) is 11.5 Å². The highest BCUT2D eigenvalue weighted by atomic mass is 16.5. The number of ketones is 1. The predicted molar refractivity (Wildman–Crippen MR) is 71.5 cm³/mol. The third kappa shape index (κ3) is 2.08. The molecule has 0 fully saturated rings. The number of benzene rings is 2. The molecule has 1 aliphatic rings. The third-order valence-corrected chi connectivity index (χ3v) is 3.30. The Balaban J connectivity index is 1.99. The van der Waals surface area contributed by atoms with Crippen molar-refractivity contribution >= 4 is 5.78 Å². The van der Waals surface area contributed by atoms with Crippen molar-refractivity contribution in [1.82, 2.24) is 0 Å². The summed E-state index contributed by atoms with van der Waals surface area (Å²) in [7, 11) is 1.60. The van der Waals surface area contributed by atoms with E-state index < -0.39 is 6.10 Å². The second-order valence-electron chi connectivity index (χ2n) is 4.49. The van der Waals surface area contributed by atoms with E-state index in [0.29, 0.717) is 12.2 Å². The van der Waals surface area contributed by atoms with Crippen LogP contribution in [0.2, 0.25) is 0 Å². The van der Waals surface area contributed by atoms with Gasteiger partial charge in [-0.15, -0.1) is 0 Å². The maximum Gasteiger partial charge on any atom is 0.182 e. The van der Waals surface area contributed by atoms with E-state index in [4.69, 9.17) is 9.47 Å². The lowest BCUT2D eigenvalue weighted by Crippen LogP contribution is -2.26. The summed E-state index contributed by atoms with van der Waals surface area (Å²) in [5.74, 6) is 1.49. The fourth-order valence-electron chi connectivity index (χ4n) is 2.36. The second-order valence-corrected chi connectivity index (χ2v) is 4.49. The Bertz CT molecular complexity index is 605. The van der Waals surface area contributed by atoms with E-state index in [2.05, 4.69) is 0 Å². The van der Waals surface area contributed by atoms with Crippen molar-refractivity contribution in [3.8, 4) is 11.5 Å². The van der Waals surface area contributed by atoms with Gasteiger partial charge in [-0.25, -0.2) is 0 Å². The minimum Gasteiger partial charge on any atom is -0.496 e. The Morgan fingerprint density at radius 2 is 1.89 bits per heavy atom. The number of ether oxygens (including phenoxy) is 2. The largest absolute Gasteiger partial charge is 0.496 e. The van der Waals surface area contributed by atoms with E-state index >= 15 is 0 Å². The maximum atomic E-state index is 12.2. The first-order chi connectivity index (χ1) is 9.29. The first kappa shape index (κ1) is 11.8. The summed E-state index contributed by atoms with van der Waals surface area (Å²) in [6, 6.07) is 15.2. The zero-order valence-corrected chi connectivity index (χ0v) is 10.6. The topological polar surface area (TPSA) is 35.5 Å². The molecule has 19 heavy (non-hydrogen) atoms. The molecule has 0 aromatic heterocycles. The van der Waals surface area contributed by atoms with Crippen LogP contribution in [0.15, 0.2) is 48.5 Å². The molecule has 1 aliphatic heterocycles. The summed E-state index contributed by atoms with van der Waals surface area (Å²) in [5, 5.41) is 0. The van der Waals surface area contributed by atoms with Gasteiger partial charge in [0.15, 0.2) is 11.9 Å². The normalized spacial score (nSPS) is 17.5. The highest BCUT2D eigenvalue weighted by molar-refractivity contribution is 5.89. The molecule has 0 saturated heterocycles. The quantitative estimate of drug-likeness (QED) is 0.826. The van der Waals surface area contributed by atoms with Crippen molar-refractivity contribution in [2.45, 2.75) is 12.5 Å². The Labute approximate surface area is 111 Å². The van der Waals surface area contributed by atoms with Gasteiger partial charge in [-0.1, -0.05) is 36.4 Å². The summed E-state index contributed by atoms with van der Waals surface area (Å²) >= 11 is 0. The van der Waals surface area contributed by atoms with E-state index in [1.807, 2.05) is 48.5 Å². The van der Waals surface area contributed by atoms with E-state index in [-0.39, 0.29) is 5.78 Å². The van der Waals surface area contributed by atoms with Gasteiger partial charge in [-0.3, -0.25) is 4.79 Å². The monoisotopic (exact) mass is 254 g/mol. The fourth-order valence-corrected chi connectivity index (χ4v) is 2.36. The lowest BCUT2D eigenvalue weighted by Gasteiger charge is -2.26. The van der Waals surface area contributed by atoms with Crippen LogP contribution >= 0.6 is 0 Å². The molecule has 3 heteroatoms. The number of methoxy groups -OCH3 is 1. The van der Waals surface area contributed by atoms with Crippen molar-refractivity contribution in [1.29, 1.82) is 0 Å². The molecular formula is C16H14O3. The van der Waals surface area contributed by atoms with Crippen molar-refractivity contribution in [2.24, 2.45) is 0 Å². The van der Waals surface area contributed by atoms with Gasteiger partial charge in [0, 0.05) is 12.0 Å². The van der Waals surface area contributed by atoms with Gasteiger partial charge in [0.05, 0.1) is 7.11 Å². The van der Waals surface area contributed by atoms with Gasteiger partial charge >= 0.3 is 0 Å². The fraction of sp³-hybridized carbons (Fsp3) is 0.188. The number of hydrogen-bond acceptors (Lipinski definition) is 3. The molecular weight excluding hydrogens is 240 g/mol. The van der Waals surface area contributed by atoms with Crippen molar-refractivity contribution in [2.75, 3.05) is 7.11 Å². The Morgan fingerprint density at radius 1 is 1.11 bits per heavy atom. The predicted octanol–water partition coefficient (Wildman–Crippen LogP) is 2.94. The van der Waals surface area contributed by atoms with Crippen LogP contribution in [-0.2, 0) is 11.2 Å². The molecule has 0 saturated carbocycles. The Kier molecular flexibility index (Phi) is 2.95. The SMILES string of the molecule is COc1cccc2c1CC(=O)C(c1ccccc1)O2. The van der Waals surface area contributed by atoms with Crippen LogP contribution < -0.4 is 9.47 Å². The summed E-state index contributed by atoms with van der Waals surface area (Å²) in [6.45, 7) is 0. The second kappa shape index (κ2) is 4.76. The molecule has 0 spiro atoms. The molecule has 0 aliphatic carbocycles. The van der Waals surface area contributed by atoms with Crippen molar-refractivity contribution in [3.63, 3.8) is 0 Å². The third-order valence-electron chi connectivity index (χ3n) is 3.30. The first-order valence-corrected chi connectivity index (χ1v) is 6.20. The minimum atomic E-state index is -0.513. The van der Waals surface area contributed by atoms with Gasteiger partial charge in [0.25, 0.3) is 0 Å². The molecule has 96 valence electrons. The lowest BCUT2D eigenvalue weighted by molar-refractivity contribution is -0.126.